The van der Waals surface area contributed by atoms with Crippen molar-refractivity contribution in [2.75, 3.05) is 7.11 Å². The highest BCUT2D eigenvalue weighted by Gasteiger charge is 2.15. The van der Waals surface area contributed by atoms with Gasteiger partial charge in [0.2, 0.25) is 0 Å². The molecule has 1 unspecified atom stereocenters. The van der Waals surface area contributed by atoms with Gasteiger partial charge in [-0.2, -0.15) is 0 Å². The number of aryl methyl sites for hydroxylation is 1. The predicted molar refractivity (Wildman–Crippen MR) is 79.2 cm³/mol. The molecule has 0 fully saturated rings. The van der Waals surface area contributed by atoms with Crippen LogP contribution in [0.1, 0.15) is 30.8 Å². The van der Waals surface area contributed by atoms with Crippen molar-refractivity contribution in [1.82, 2.24) is 9.55 Å². The molecule has 1 aromatic heterocycles. The molecule has 0 radical (unpaired) electrons. The van der Waals surface area contributed by atoms with Gasteiger partial charge < -0.3 is 15.0 Å². The number of rotatable bonds is 5. The summed E-state index contributed by atoms with van der Waals surface area (Å²) < 4.78 is 8.22. The highest BCUT2D eigenvalue weighted by atomic mass is 79.9. The standard InChI is InChI=1S/C14H18BrN3O/c1-3-7-18-8-6-17-14(18)13(16)10-4-5-12(19-2)11(15)9-10/h4-6,8-9,13H,3,7,16H2,1-2H3. The molecule has 1 atom stereocenters. The van der Waals surface area contributed by atoms with Crippen LogP contribution in [0.15, 0.2) is 35.1 Å². The Balaban J connectivity index is 2.30. The summed E-state index contributed by atoms with van der Waals surface area (Å²) in [5.74, 6) is 1.69. The maximum absolute atomic E-state index is 6.31. The van der Waals surface area contributed by atoms with Crippen molar-refractivity contribution in [3.8, 4) is 5.75 Å². The molecule has 2 N–H and O–H groups in total. The molecule has 0 saturated carbocycles. The molecule has 2 rings (SSSR count). The number of halogens is 1. The third kappa shape index (κ3) is 2.98. The molecule has 4 nitrogen and oxygen atoms in total. The fraction of sp³-hybridized carbons (Fsp3) is 0.357. The van der Waals surface area contributed by atoms with Crippen LogP contribution in [0.25, 0.3) is 0 Å². The smallest absolute Gasteiger partial charge is 0.133 e. The summed E-state index contributed by atoms with van der Waals surface area (Å²) in [6.07, 6.45) is 4.82. The van der Waals surface area contributed by atoms with Crippen molar-refractivity contribution in [1.29, 1.82) is 0 Å². The minimum absolute atomic E-state index is 0.233. The van der Waals surface area contributed by atoms with E-state index in [9.17, 15) is 0 Å². The first kappa shape index (κ1) is 14.1. The topological polar surface area (TPSA) is 53.1 Å². The Bertz CT molecular complexity index is 553. The number of imidazole rings is 1. The first-order chi connectivity index (χ1) is 9.17. The molecule has 0 bridgehead atoms. The summed E-state index contributed by atoms with van der Waals surface area (Å²) in [4.78, 5) is 4.37. The van der Waals surface area contributed by atoms with Gasteiger partial charge in [-0.1, -0.05) is 13.0 Å². The second-order valence-electron chi connectivity index (χ2n) is 4.35. The van der Waals surface area contributed by atoms with Crippen LogP contribution in [0.5, 0.6) is 5.75 Å². The molecule has 1 heterocycles. The zero-order chi connectivity index (χ0) is 13.8. The minimum atomic E-state index is -0.233. The fourth-order valence-electron chi connectivity index (χ4n) is 2.05. The Hall–Kier alpha value is -1.33. The molecule has 0 aliphatic rings. The molecular formula is C14H18BrN3O. The van der Waals surface area contributed by atoms with Gasteiger partial charge in [0.1, 0.15) is 11.6 Å². The SMILES string of the molecule is CCCn1ccnc1C(N)c1ccc(OC)c(Br)c1. The Labute approximate surface area is 121 Å². The quantitative estimate of drug-likeness (QED) is 0.919. The number of nitrogens with two attached hydrogens (primary N) is 1. The van der Waals surface area contributed by atoms with Crippen molar-refractivity contribution in [3.05, 3.63) is 46.5 Å². The number of nitrogens with zero attached hydrogens (tertiary/aromatic N) is 2. The average Bonchev–Trinajstić information content (AvgIpc) is 2.86. The zero-order valence-electron chi connectivity index (χ0n) is 11.1. The maximum atomic E-state index is 6.31. The van der Waals surface area contributed by atoms with Crippen LogP contribution in [0, 0.1) is 0 Å². The fourth-order valence-corrected chi connectivity index (χ4v) is 2.61. The molecule has 0 saturated heterocycles. The van der Waals surface area contributed by atoms with Gasteiger partial charge >= 0.3 is 0 Å². The molecule has 102 valence electrons. The van der Waals surface area contributed by atoms with Gasteiger partial charge in [-0.15, -0.1) is 0 Å². The average molecular weight is 324 g/mol. The molecular weight excluding hydrogens is 306 g/mol. The number of ether oxygens (including phenoxy) is 1. The third-order valence-electron chi connectivity index (χ3n) is 3.03. The molecule has 5 heteroatoms. The third-order valence-corrected chi connectivity index (χ3v) is 3.65. The lowest BCUT2D eigenvalue weighted by molar-refractivity contribution is 0.412. The Morgan fingerprint density at radius 2 is 2.26 bits per heavy atom. The first-order valence-corrected chi connectivity index (χ1v) is 7.06. The lowest BCUT2D eigenvalue weighted by atomic mass is 10.1. The Morgan fingerprint density at radius 3 is 2.89 bits per heavy atom. The molecule has 2 aromatic rings. The summed E-state index contributed by atoms with van der Waals surface area (Å²) in [5, 5.41) is 0. The highest BCUT2D eigenvalue weighted by molar-refractivity contribution is 9.10. The molecule has 0 aliphatic heterocycles. The Kier molecular flexibility index (Phi) is 4.61. The molecule has 0 aliphatic carbocycles. The normalized spacial score (nSPS) is 12.4. The van der Waals surface area contributed by atoms with Crippen LogP contribution in [0.2, 0.25) is 0 Å². The van der Waals surface area contributed by atoms with E-state index < -0.39 is 0 Å². The van der Waals surface area contributed by atoms with E-state index in [1.807, 2.05) is 24.4 Å². The van der Waals surface area contributed by atoms with E-state index in [1.54, 1.807) is 13.3 Å². The summed E-state index contributed by atoms with van der Waals surface area (Å²) in [7, 11) is 1.65. The maximum Gasteiger partial charge on any atom is 0.133 e. The molecule has 19 heavy (non-hydrogen) atoms. The lowest BCUT2D eigenvalue weighted by Crippen LogP contribution is -2.18. The van der Waals surface area contributed by atoms with Crippen molar-refractivity contribution >= 4 is 15.9 Å². The van der Waals surface area contributed by atoms with E-state index in [2.05, 4.69) is 32.4 Å². The number of hydrogen-bond acceptors (Lipinski definition) is 3. The number of methoxy groups -OCH3 is 1. The molecule has 0 spiro atoms. The largest absolute Gasteiger partial charge is 0.496 e. The first-order valence-electron chi connectivity index (χ1n) is 6.27. The van der Waals surface area contributed by atoms with Gasteiger partial charge in [0.15, 0.2) is 0 Å². The van der Waals surface area contributed by atoms with E-state index in [1.165, 1.54) is 0 Å². The summed E-state index contributed by atoms with van der Waals surface area (Å²) in [6, 6.07) is 5.63. The van der Waals surface area contributed by atoms with Gasteiger partial charge in [0.05, 0.1) is 17.6 Å². The zero-order valence-corrected chi connectivity index (χ0v) is 12.7. The van der Waals surface area contributed by atoms with Crippen LogP contribution in [0.3, 0.4) is 0 Å². The predicted octanol–water partition coefficient (Wildman–Crippen LogP) is 3.11. The van der Waals surface area contributed by atoms with Crippen LogP contribution in [-0.2, 0) is 6.54 Å². The molecule has 1 aromatic carbocycles. The van der Waals surface area contributed by atoms with Gasteiger partial charge in [0.25, 0.3) is 0 Å². The van der Waals surface area contributed by atoms with E-state index in [0.29, 0.717) is 0 Å². The number of hydrogen-bond donors (Lipinski definition) is 1. The highest BCUT2D eigenvalue weighted by Crippen LogP contribution is 2.29. The van der Waals surface area contributed by atoms with Crippen LogP contribution in [-0.4, -0.2) is 16.7 Å². The number of aromatic nitrogens is 2. The number of benzene rings is 1. The van der Waals surface area contributed by atoms with Crippen molar-refractivity contribution in [2.45, 2.75) is 25.9 Å². The van der Waals surface area contributed by atoms with Crippen LogP contribution >= 0.6 is 15.9 Å². The van der Waals surface area contributed by atoms with Crippen molar-refractivity contribution < 1.29 is 4.74 Å². The van der Waals surface area contributed by atoms with Crippen LogP contribution < -0.4 is 10.5 Å². The summed E-state index contributed by atoms with van der Waals surface area (Å²) in [5.41, 5.74) is 7.32. The van der Waals surface area contributed by atoms with E-state index in [4.69, 9.17) is 10.5 Å². The lowest BCUT2D eigenvalue weighted by Gasteiger charge is -2.15. The van der Waals surface area contributed by atoms with Gasteiger partial charge in [-0.05, 0) is 40.0 Å². The van der Waals surface area contributed by atoms with Gasteiger partial charge in [-0.25, -0.2) is 4.98 Å². The molecule has 0 amide bonds. The summed E-state index contributed by atoms with van der Waals surface area (Å²) >= 11 is 3.48. The van der Waals surface area contributed by atoms with Gasteiger partial charge in [0, 0.05) is 18.9 Å². The van der Waals surface area contributed by atoms with Gasteiger partial charge in [-0.3, -0.25) is 0 Å². The Morgan fingerprint density at radius 1 is 1.47 bits per heavy atom. The van der Waals surface area contributed by atoms with Crippen molar-refractivity contribution in [3.63, 3.8) is 0 Å². The second-order valence-corrected chi connectivity index (χ2v) is 5.20. The monoisotopic (exact) mass is 323 g/mol. The van der Waals surface area contributed by atoms with E-state index in [0.717, 1.165) is 34.6 Å². The van der Waals surface area contributed by atoms with Crippen molar-refractivity contribution in [2.24, 2.45) is 5.73 Å². The summed E-state index contributed by atoms with van der Waals surface area (Å²) in [6.45, 7) is 3.07. The minimum Gasteiger partial charge on any atom is -0.496 e. The second kappa shape index (κ2) is 6.21. The van der Waals surface area contributed by atoms with E-state index >= 15 is 0 Å². The van der Waals surface area contributed by atoms with E-state index in [-0.39, 0.29) is 6.04 Å². The van der Waals surface area contributed by atoms with Crippen LogP contribution in [0.4, 0.5) is 0 Å².